The topological polar surface area (TPSA) is 26.3 Å². The molecule has 0 saturated heterocycles. The second-order valence-corrected chi connectivity index (χ2v) is 11.2. The van der Waals surface area contributed by atoms with Gasteiger partial charge in [0.2, 0.25) is 0 Å². The van der Waals surface area contributed by atoms with Gasteiger partial charge in [-0.05, 0) is 56.2 Å². The van der Waals surface area contributed by atoms with Crippen LogP contribution in [0.25, 0.3) is 0 Å². The first-order valence-corrected chi connectivity index (χ1v) is 10.7. The van der Waals surface area contributed by atoms with Gasteiger partial charge in [-0.3, -0.25) is 4.79 Å². The predicted octanol–water partition coefficient (Wildman–Crippen LogP) is 4.96. The molecule has 0 atom stereocenters. The molecule has 0 amide bonds. The average molecular weight is 317 g/mol. The van der Waals surface area contributed by atoms with Crippen LogP contribution in [-0.4, -0.2) is 21.0 Å². The lowest BCUT2D eigenvalue weighted by atomic mass is 9.85. The van der Waals surface area contributed by atoms with Crippen molar-refractivity contribution in [3.8, 4) is 17.2 Å². The Hall–Kier alpha value is -1.53. The molecule has 1 rings (SSSR count). The third-order valence-corrected chi connectivity index (χ3v) is 9.31. The molecule has 1 aromatic rings. The van der Waals surface area contributed by atoms with Crippen molar-refractivity contribution in [2.45, 2.75) is 52.8 Å². The lowest BCUT2D eigenvalue weighted by molar-refractivity contribution is 0.0893. The number of benzene rings is 1. The van der Waals surface area contributed by atoms with Crippen LogP contribution in [-0.2, 0) is 0 Å². The third-order valence-electron chi connectivity index (χ3n) is 4.59. The molecule has 22 heavy (non-hydrogen) atoms. The fraction of sp³-hybridized carbons (Fsp3) is 0.526. The van der Waals surface area contributed by atoms with Crippen molar-refractivity contribution in [2.24, 2.45) is 5.41 Å². The summed E-state index contributed by atoms with van der Waals surface area (Å²) in [5.74, 6) is 4.15. The second kappa shape index (κ2) is 7.65. The molecule has 0 aliphatic carbocycles. The van der Waals surface area contributed by atoms with E-state index >= 15 is 0 Å². The van der Waals surface area contributed by atoms with Crippen LogP contribution in [0.4, 0.5) is 0 Å². The Morgan fingerprint density at radius 3 is 2.00 bits per heavy atom. The van der Waals surface area contributed by atoms with Crippen LogP contribution in [0.15, 0.2) is 24.3 Å². The van der Waals surface area contributed by atoms with E-state index in [0.29, 0.717) is 5.56 Å². The number of ketones is 1. The lowest BCUT2D eigenvalue weighted by Crippen LogP contribution is -2.31. The number of carbonyl (C=O) groups excluding carboxylic acids is 1. The summed E-state index contributed by atoms with van der Waals surface area (Å²) < 4.78 is 5.14. The summed E-state index contributed by atoms with van der Waals surface area (Å²) >= 11 is 0. The van der Waals surface area contributed by atoms with Crippen LogP contribution in [0, 0.1) is 16.9 Å². The zero-order valence-corrected chi connectivity index (χ0v) is 15.7. The van der Waals surface area contributed by atoms with Gasteiger partial charge in [0, 0.05) is 5.56 Å². The summed E-state index contributed by atoms with van der Waals surface area (Å²) in [7, 11) is 0.0997. The molecule has 0 bridgehead atoms. The molecule has 3 heteroatoms. The quantitative estimate of drug-likeness (QED) is 0.421. The summed E-state index contributed by atoms with van der Waals surface area (Å²) in [6, 6.07) is 10.7. The maximum Gasteiger partial charge on any atom is 0.180 e. The maximum atomic E-state index is 12.7. The maximum absolute atomic E-state index is 12.7. The van der Waals surface area contributed by atoms with Gasteiger partial charge in [0.1, 0.15) is 13.8 Å². The molecule has 0 heterocycles. The van der Waals surface area contributed by atoms with Crippen LogP contribution in [0.3, 0.4) is 0 Å². The highest BCUT2D eigenvalue weighted by atomic mass is 28.3. The third kappa shape index (κ3) is 4.24. The van der Waals surface area contributed by atoms with Crippen LogP contribution in [0.1, 0.15) is 45.0 Å². The number of Topliss-reactive ketones (excluding diaryl/α,β-unsaturated/α-hetero) is 1. The van der Waals surface area contributed by atoms with Crippen molar-refractivity contribution >= 4 is 13.9 Å². The van der Waals surface area contributed by atoms with E-state index in [-0.39, 0.29) is 5.78 Å². The highest BCUT2D eigenvalue weighted by molar-refractivity contribution is 6.87. The summed E-state index contributed by atoms with van der Waals surface area (Å²) in [6.07, 6.45) is 0. The van der Waals surface area contributed by atoms with Gasteiger partial charge in [0.05, 0.1) is 12.5 Å². The Labute approximate surface area is 136 Å². The van der Waals surface area contributed by atoms with Crippen LogP contribution >= 0.6 is 0 Å². The first kappa shape index (κ1) is 18.5. The molecule has 1 aromatic carbocycles. The van der Waals surface area contributed by atoms with Crippen molar-refractivity contribution in [3.05, 3.63) is 29.8 Å². The normalized spacial score (nSPS) is 11.5. The highest BCUT2D eigenvalue weighted by Crippen LogP contribution is 2.25. The summed E-state index contributed by atoms with van der Waals surface area (Å²) in [5, 5.41) is 0. The zero-order chi connectivity index (χ0) is 16.8. The summed E-state index contributed by atoms with van der Waals surface area (Å²) in [4.78, 5) is 12.7. The van der Waals surface area contributed by atoms with Crippen LogP contribution in [0.5, 0.6) is 5.75 Å². The summed E-state index contributed by atoms with van der Waals surface area (Å²) in [6.45, 7) is 10.5. The van der Waals surface area contributed by atoms with E-state index in [4.69, 9.17) is 4.74 Å². The number of methoxy groups -OCH3 is 1. The molecule has 0 saturated carbocycles. The molecular formula is C19H28O2Si. The first-order valence-electron chi connectivity index (χ1n) is 8.07. The molecule has 0 unspecified atom stereocenters. The van der Waals surface area contributed by atoms with Gasteiger partial charge in [-0.2, -0.15) is 0 Å². The number of carbonyl (C=O) groups is 1. The number of rotatable bonds is 6. The van der Waals surface area contributed by atoms with Gasteiger partial charge < -0.3 is 4.74 Å². The van der Waals surface area contributed by atoms with Gasteiger partial charge in [-0.15, -0.1) is 5.54 Å². The Morgan fingerprint density at radius 2 is 1.59 bits per heavy atom. The smallest absolute Gasteiger partial charge is 0.180 e. The van der Waals surface area contributed by atoms with E-state index in [9.17, 15) is 4.79 Å². The minimum Gasteiger partial charge on any atom is -0.497 e. The standard InChI is InChI=1S/C19H28O2Si/c1-7-22(8-2,9-3)15-14-19(4,5)18(20)16-10-12-17(21-6)13-11-16/h10-13H,7-9H2,1-6H3. The van der Waals surface area contributed by atoms with Gasteiger partial charge in [-0.25, -0.2) is 0 Å². The highest BCUT2D eigenvalue weighted by Gasteiger charge is 2.29. The molecule has 120 valence electrons. The average Bonchev–Trinajstić information content (AvgIpc) is 2.56. The van der Waals surface area contributed by atoms with Gasteiger partial charge in [0.25, 0.3) is 0 Å². The first-order chi connectivity index (χ1) is 10.3. The molecule has 0 spiro atoms. The number of hydrogen-bond donors (Lipinski definition) is 0. The van der Waals surface area contributed by atoms with Crippen molar-refractivity contribution in [1.82, 2.24) is 0 Å². The largest absolute Gasteiger partial charge is 0.497 e. The van der Waals surface area contributed by atoms with Crippen molar-refractivity contribution in [1.29, 1.82) is 0 Å². The predicted molar refractivity (Wildman–Crippen MR) is 96.1 cm³/mol. The minimum absolute atomic E-state index is 0.0777. The fourth-order valence-corrected chi connectivity index (χ4v) is 5.07. The molecule has 0 fully saturated rings. The van der Waals surface area contributed by atoms with E-state index in [1.54, 1.807) is 7.11 Å². The second-order valence-electron chi connectivity index (χ2n) is 6.27. The van der Waals surface area contributed by atoms with Gasteiger partial charge >= 0.3 is 0 Å². The van der Waals surface area contributed by atoms with Gasteiger partial charge in [0.15, 0.2) is 5.78 Å². The van der Waals surface area contributed by atoms with E-state index in [1.165, 1.54) is 0 Å². The summed E-state index contributed by atoms with van der Waals surface area (Å²) in [5.41, 5.74) is 3.58. The van der Waals surface area contributed by atoms with E-state index < -0.39 is 13.5 Å². The molecule has 0 aromatic heterocycles. The number of hydrogen-bond acceptors (Lipinski definition) is 2. The molecular weight excluding hydrogens is 288 g/mol. The van der Waals surface area contributed by atoms with Crippen LogP contribution in [0.2, 0.25) is 18.1 Å². The Bertz CT molecular complexity index is 549. The van der Waals surface area contributed by atoms with E-state index in [2.05, 4.69) is 32.2 Å². The Morgan fingerprint density at radius 1 is 1.09 bits per heavy atom. The molecule has 0 radical (unpaired) electrons. The Kier molecular flexibility index (Phi) is 6.43. The molecule has 0 aliphatic heterocycles. The lowest BCUT2D eigenvalue weighted by Gasteiger charge is -2.22. The van der Waals surface area contributed by atoms with Crippen LogP contribution < -0.4 is 4.74 Å². The fourth-order valence-electron chi connectivity index (χ4n) is 2.46. The van der Waals surface area contributed by atoms with Crippen molar-refractivity contribution < 1.29 is 9.53 Å². The minimum atomic E-state index is -1.52. The van der Waals surface area contributed by atoms with Crippen molar-refractivity contribution in [3.63, 3.8) is 0 Å². The molecule has 0 aliphatic rings. The number of ether oxygens (including phenoxy) is 1. The SMILES string of the molecule is CC[Si](C#CC(C)(C)C(=O)c1ccc(OC)cc1)(CC)CC. The molecule has 0 N–H and O–H groups in total. The van der Waals surface area contributed by atoms with E-state index in [0.717, 1.165) is 23.9 Å². The monoisotopic (exact) mass is 316 g/mol. The molecule has 2 nitrogen and oxygen atoms in total. The van der Waals surface area contributed by atoms with Gasteiger partial charge in [-0.1, -0.05) is 26.7 Å². The Balaban J connectivity index is 3.05. The van der Waals surface area contributed by atoms with Crippen molar-refractivity contribution in [2.75, 3.05) is 7.11 Å². The van der Waals surface area contributed by atoms with E-state index in [1.807, 2.05) is 38.1 Å². The zero-order valence-electron chi connectivity index (χ0n) is 14.7.